The fraction of sp³-hybridized carbons (Fsp3) is 0.682. The van der Waals surface area contributed by atoms with Gasteiger partial charge in [0.05, 0.1) is 13.2 Å². The average Bonchev–Trinajstić information content (AvgIpc) is 3.06. The summed E-state index contributed by atoms with van der Waals surface area (Å²) >= 11 is 0. The van der Waals surface area contributed by atoms with Gasteiger partial charge in [0.1, 0.15) is 6.04 Å². The maximum Gasteiger partial charge on any atom is 0.323 e. The first kappa shape index (κ1) is 19.7. The molecule has 1 saturated carbocycles. The van der Waals surface area contributed by atoms with Crippen LogP contribution in [0, 0.1) is 5.92 Å². The first-order chi connectivity index (χ1) is 13.5. The van der Waals surface area contributed by atoms with Gasteiger partial charge in [-0.15, -0.1) is 0 Å². The van der Waals surface area contributed by atoms with Crippen LogP contribution >= 0.6 is 0 Å². The van der Waals surface area contributed by atoms with Crippen molar-refractivity contribution in [1.82, 2.24) is 9.80 Å². The van der Waals surface area contributed by atoms with Crippen LogP contribution < -0.4 is 4.90 Å². The standard InChI is InChI=1S/C22H33N3O3/c1-23-9-11-24(12-10-23)18-6-3-16(4-7-18)15-25-20-14-19(26)8-5-17(20)13-21(25)22(27)28-2/h3-4,6-7,17,19-21,26H,5,8-15H2,1-2H3/t17-,19+,20-,21+/m1/s1. The maximum atomic E-state index is 12.4. The number of carbonyl (C=O) groups is 1. The Labute approximate surface area is 168 Å². The molecule has 0 aromatic heterocycles. The lowest BCUT2D eigenvalue weighted by atomic mass is 9.83. The van der Waals surface area contributed by atoms with Gasteiger partial charge in [-0.25, -0.2) is 0 Å². The lowest BCUT2D eigenvalue weighted by Crippen LogP contribution is -2.44. The first-order valence-corrected chi connectivity index (χ1v) is 10.6. The van der Waals surface area contributed by atoms with Crippen molar-refractivity contribution in [1.29, 1.82) is 0 Å². The summed E-state index contributed by atoms with van der Waals surface area (Å²) in [7, 11) is 3.64. The van der Waals surface area contributed by atoms with Crippen molar-refractivity contribution in [3.05, 3.63) is 29.8 Å². The molecular weight excluding hydrogens is 354 g/mol. The van der Waals surface area contributed by atoms with E-state index in [0.717, 1.165) is 58.4 Å². The Morgan fingerprint density at radius 3 is 2.50 bits per heavy atom. The Bertz CT molecular complexity index is 672. The zero-order valence-electron chi connectivity index (χ0n) is 17.1. The van der Waals surface area contributed by atoms with Crippen LogP contribution in [-0.2, 0) is 16.1 Å². The molecule has 1 aliphatic carbocycles. The van der Waals surface area contributed by atoms with E-state index in [0.29, 0.717) is 5.92 Å². The molecule has 0 amide bonds. The van der Waals surface area contributed by atoms with Crippen molar-refractivity contribution in [2.75, 3.05) is 45.2 Å². The second-order valence-electron chi connectivity index (χ2n) is 8.70. The fourth-order valence-electron chi connectivity index (χ4n) is 5.21. The Kier molecular flexibility index (Phi) is 5.90. The highest BCUT2D eigenvalue weighted by Crippen LogP contribution is 2.41. The third-order valence-electron chi connectivity index (χ3n) is 6.92. The molecule has 1 N–H and O–H groups in total. The molecule has 154 valence electrons. The van der Waals surface area contributed by atoms with Crippen molar-refractivity contribution in [2.45, 2.75) is 50.4 Å². The van der Waals surface area contributed by atoms with E-state index < -0.39 is 0 Å². The predicted molar refractivity (Wildman–Crippen MR) is 109 cm³/mol. The summed E-state index contributed by atoms with van der Waals surface area (Å²) in [5.74, 6) is 0.343. The number of hydrogen-bond acceptors (Lipinski definition) is 6. The van der Waals surface area contributed by atoms with Crippen LogP contribution in [0.4, 0.5) is 5.69 Å². The normalized spacial score (nSPS) is 31.6. The number of methoxy groups -OCH3 is 1. The van der Waals surface area contributed by atoms with Crippen molar-refractivity contribution in [2.24, 2.45) is 5.92 Å². The number of anilines is 1. The smallest absolute Gasteiger partial charge is 0.323 e. The Balaban J connectivity index is 1.47. The molecule has 0 radical (unpaired) electrons. The number of esters is 1. The summed E-state index contributed by atoms with van der Waals surface area (Å²) in [5, 5.41) is 10.2. The second-order valence-corrected chi connectivity index (χ2v) is 8.70. The quantitative estimate of drug-likeness (QED) is 0.794. The van der Waals surface area contributed by atoms with Crippen LogP contribution in [-0.4, -0.2) is 79.4 Å². The van der Waals surface area contributed by atoms with Gasteiger partial charge in [0.15, 0.2) is 0 Å². The van der Waals surface area contributed by atoms with Crippen LogP contribution in [0.3, 0.4) is 0 Å². The number of carbonyl (C=O) groups excluding carboxylic acids is 1. The number of hydrogen-bond donors (Lipinski definition) is 1. The highest BCUT2D eigenvalue weighted by atomic mass is 16.5. The van der Waals surface area contributed by atoms with E-state index in [1.54, 1.807) is 0 Å². The van der Waals surface area contributed by atoms with Gasteiger partial charge < -0.3 is 19.6 Å². The Hall–Kier alpha value is -1.63. The monoisotopic (exact) mass is 387 g/mol. The zero-order chi connectivity index (χ0) is 19.7. The van der Waals surface area contributed by atoms with E-state index in [1.807, 2.05) is 0 Å². The summed E-state index contributed by atoms with van der Waals surface area (Å²) in [6.45, 7) is 5.06. The zero-order valence-corrected chi connectivity index (χ0v) is 17.1. The number of rotatable bonds is 4. The number of aliphatic hydroxyl groups excluding tert-OH is 1. The van der Waals surface area contributed by atoms with E-state index in [-0.39, 0.29) is 24.2 Å². The van der Waals surface area contributed by atoms with E-state index >= 15 is 0 Å². The minimum Gasteiger partial charge on any atom is -0.468 e. The summed E-state index contributed by atoms with van der Waals surface area (Å²) in [6, 6.07) is 8.87. The molecule has 28 heavy (non-hydrogen) atoms. The number of likely N-dealkylation sites (N-methyl/N-ethyl adjacent to an activating group) is 1. The van der Waals surface area contributed by atoms with Gasteiger partial charge in [0.25, 0.3) is 0 Å². The van der Waals surface area contributed by atoms with Crippen LogP contribution in [0.2, 0.25) is 0 Å². The average molecular weight is 388 g/mol. The van der Waals surface area contributed by atoms with Crippen molar-refractivity contribution in [3.8, 4) is 0 Å². The number of aliphatic hydroxyl groups is 1. The molecule has 3 fully saturated rings. The molecule has 3 aliphatic rings. The number of piperazine rings is 1. The van der Waals surface area contributed by atoms with Gasteiger partial charge in [-0.2, -0.15) is 0 Å². The molecule has 4 atom stereocenters. The lowest BCUT2D eigenvalue weighted by Gasteiger charge is -2.35. The number of ether oxygens (including phenoxy) is 1. The largest absolute Gasteiger partial charge is 0.468 e. The lowest BCUT2D eigenvalue weighted by molar-refractivity contribution is -0.146. The van der Waals surface area contributed by atoms with Gasteiger partial charge in [-0.05, 0) is 56.3 Å². The van der Waals surface area contributed by atoms with Gasteiger partial charge in [0.2, 0.25) is 0 Å². The van der Waals surface area contributed by atoms with Crippen molar-refractivity contribution in [3.63, 3.8) is 0 Å². The van der Waals surface area contributed by atoms with Gasteiger partial charge in [0, 0.05) is 44.5 Å². The number of benzene rings is 1. The van der Waals surface area contributed by atoms with Gasteiger partial charge in [-0.3, -0.25) is 9.69 Å². The van der Waals surface area contributed by atoms with Crippen molar-refractivity contribution >= 4 is 11.7 Å². The summed E-state index contributed by atoms with van der Waals surface area (Å²) in [6.07, 6.45) is 3.21. The molecule has 2 aliphatic heterocycles. The molecule has 2 saturated heterocycles. The topological polar surface area (TPSA) is 56.3 Å². The predicted octanol–water partition coefficient (Wildman–Crippen LogP) is 1.72. The molecule has 0 spiro atoms. The second kappa shape index (κ2) is 8.39. The molecule has 4 rings (SSSR count). The minimum atomic E-state index is -0.250. The Morgan fingerprint density at radius 2 is 1.82 bits per heavy atom. The Morgan fingerprint density at radius 1 is 1.11 bits per heavy atom. The minimum absolute atomic E-state index is 0.141. The van der Waals surface area contributed by atoms with E-state index in [2.05, 4.69) is 46.0 Å². The number of fused-ring (bicyclic) bond motifs is 1. The molecule has 1 aromatic carbocycles. The number of nitrogens with zero attached hydrogens (tertiary/aromatic N) is 3. The third kappa shape index (κ3) is 4.04. The van der Waals surface area contributed by atoms with Crippen LogP contribution in [0.1, 0.15) is 31.2 Å². The van der Waals surface area contributed by atoms with Crippen molar-refractivity contribution < 1.29 is 14.6 Å². The molecule has 1 aromatic rings. The number of likely N-dealkylation sites (tertiary alicyclic amines) is 1. The van der Waals surface area contributed by atoms with Gasteiger partial charge in [-0.1, -0.05) is 12.1 Å². The summed E-state index contributed by atoms with van der Waals surface area (Å²) in [4.78, 5) is 19.5. The van der Waals surface area contributed by atoms with Gasteiger partial charge >= 0.3 is 5.97 Å². The molecule has 6 heteroatoms. The highest BCUT2D eigenvalue weighted by molar-refractivity contribution is 5.76. The van der Waals surface area contributed by atoms with Crippen LogP contribution in [0.25, 0.3) is 0 Å². The fourth-order valence-corrected chi connectivity index (χ4v) is 5.21. The van der Waals surface area contributed by atoms with Crippen LogP contribution in [0.5, 0.6) is 0 Å². The third-order valence-corrected chi connectivity index (χ3v) is 6.92. The molecule has 2 heterocycles. The van der Waals surface area contributed by atoms with Crippen LogP contribution in [0.15, 0.2) is 24.3 Å². The highest BCUT2D eigenvalue weighted by Gasteiger charge is 2.47. The first-order valence-electron chi connectivity index (χ1n) is 10.6. The SMILES string of the molecule is COC(=O)[C@@H]1C[C@H]2CC[C@H](O)C[C@H]2N1Cc1ccc(N2CCN(C)CC2)cc1. The van der Waals surface area contributed by atoms with E-state index in [9.17, 15) is 9.90 Å². The maximum absolute atomic E-state index is 12.4. The molecule has 0 unspecified atom stereocenters. The van der Waals surface area contributed by atoms with E-state index in [4.69, 9.17) is 4.74 Å². The summed E-state index contributed by atoms with van der Waals surface area (Å²) in [5.41, 5.74) is 2.49. The molecular formula is C22H33N3O3. The van der Waals surface area contributed by atoms with E-state index in [1.165, 1.54) is 18.4 Å². The summed E-state index contributed by atoms with van der Waals surface area (Å²) < 4.78 is 5.09. The molecule has 6 nitrogen and oxygen atoms in total. The molecule has 0 bridgehead atoms.